The molecule has 0 spiro atoms. The molecule has 1 aromatic rings. The summed E-state index contributed by atoms with van der Waals surface area (Å²) in [7, 11) is 0. The molecule has 20 heavy (non-hydrogen) atoms. The van der Waals surface area contributed by atoms with E-state index in [0.717, 1.165) is 17.7 Å². The predicted molar refractivity (Wildman–Crippen MR) is 74.6 cm³/mol. The second kappa shape index (κ2) is 4.59. The summed E-state index contributed by atoms with van der Waals surface area (Å²) in [6.45, 7) is 0.420. The molecule has 1 aliphatic heterocycles. The fourth-order valence-electron chi connectivity index (χ4n) is 3.11. The Hall–Kier alpha value is -1.88. The molecule has 1 aromatic carbocycles. The number of carboxylic acids is 1. The first-order valence-electron chi connectivity index (χ1n) is 6.93. The van der Waals surface area contributed by atoms with E-state index in [1.807, 2.05) is 24.3 Å². The normalized spacial score (nSPS) is 23.1. The molecule has 5 heteroatoms. The van der Waals surface area contributed by atoms with Crippen LogP contribution in [0.3, 0.4) is 0 Å². The lowest BCUT2D eigenvalue weighted by Crippen LogP contribution is -2.59. The van der Waals surface area contributed by atoms with Crippen molar-refractivity contribution in [3.63, 3.8) is 0 Å². The molecular formula is C15H18N2O3. The van der Waals surface area contributed by atoms with Crippen LogP contribution in [0.1, 0.15) is 37.2 Å². The third-order valence-electron chi connectivity index (χ3n) is 4.41. The van der Waals surface area contributed by atoms with Crippen molar-refractivity contribution in [3.05, 3.63) is 29.8 Å². The highest BCUT2D eigenvalue weighted by molar-refractivity contribution is 6.02. The van der Waals surface area contributed by atoms with Gasteiger partial charge in [0.15, 0.2) is 0 Å². The second-order valence-corrected chi connectivity index (χ2v) is 5.78. The molecule has 1 amide bonds. The molecule has 5 nitrogen and oxygen atoms in total. The van der Waals surface area contributed by atoms with Crippen molar-refractivity contribution >= 4 is 17.6 Å². The van der Waals surface area contributed by atoms with Gasteiger partial charge in [-0.15, -0.1) is 0 Å². The van der Waals surface area contributed by atoms with E-state index in [4.69, 9.17) is 10.8 Å². The summed E-state index contributed by atoms with van der Waals surface area (Å²) in [6.07, 6.45) is 2.46. The number of para-hydroxylation sites is 1. The quantitative estimate of drug-likeness (QED) is 0.874. The number of nitrogens with zero attached hydrogens (tertiary/aromatic N) is 1. The standard InChI is InChI=1S/C15H18N2O3/c16-15(6-3-7-15)14(20)17-9-10(8-13(18)19)11-4-1-2-5-12(11)17/h1-2,4-5,10H,3,6-9,16H2,(H,18,19). The number of aliphatic carboxylic acids is 1. The molecular weight excluding hydrogens is 256 g/mol. The monoisotopic (exact) mass is 274 g/mol. The lowest BCUT2D eigenvalue weighted by Gasteiger charge is -2.39. The smallest absolute Gasteiger partial charge is 0.304 e. The molecule has 1 heterocycles. The number of hydrogen-bond donors (Lipinski definition) is 2. The van der Waals surface area contributed by atoms with Gasteiger partial charge in [-0.3, -0.25) is 9.59 Å². The average molecular weight is 274 g/mol. The van der Waals surface area contributed by atoms with Crippen molar-refractivity contribution in [2.24, 2.45) is 5.73 Å². The minimum absolute atomic E-state index is 0.0400. The lowest BCUT2D eigenvalue weighted by molar-refractivity contribution is -0.137. The van der Waals surface area contributed by atoms with Crippen LogP contribution >= 0.6 is 0 Å². The van der Waals surface area contributed by atoms with E-state index in [1.165, 1.54) is 0 Å². The number of carbonyl (C=O) groups is 2. The molecule has 3 N–H and O–H groups in total. The van der Waals surface area contributed by atoms with E-state index < -0.39 is 11.5 Å². The van der Waals surface area contributed by atoms with Gasteiger partial charge in [0.2, 0.25) is 5.91 Å². The van der Waals surface area contributed by atoms with E-state index in [2.05, 4.69) is 0 Å². The van der Waals surface area contributed by atoms with E-state index in [0.29, 0.717) is 19.4 Å². The molecule has 0 bridgehead atoms. The molecule has 1 atom stereocenters. The Balaban J connectivity index is 1.90. The molecule has 2 aliphatic rings. The minimum atomic E-state index is -0.842. The number of benzene rings is 1. The molecule has 0 aromatic heterocycles. The predicted octanol–water partition coefficient (Wildman–Crippen LogP) is 1.47. The highest BCUT2D eigenvalue weighted by Gasteiger charge is 2.46. The topological polar surface area (TPSA) is 83.6 Å². The number of rotatable bonds is 3. The first-order valence-corrected chi connectivity index (χ1v) is 6.93. The Morgan fingerprint density at radius 1 is 1.35 bits per heavy atom. The lowest BCUT2D eigenvalue weighted by atomic mass is 9.76. The molecule has 1 fully saturated rings. The fraction of sp³-hybridized carbons (Fsp3) is 0.467. The van der Waals surface area contributed by atoms with Gasteiger partial charge in [-0.25, -0.2) is 0 Å². The van der Waals surface area contributed by atoms with E-state index >= 15 is 0 Å². The highest BCUT2D eigenvalue weighted by atomic mass is 16.4. The minimum Gasteiger partial charge on any atom is -0.481 e. The Bertz CT molecular complexity index is 566. The number of fused-ring (bicyclic) bond motifs is 1. The number of anilines is 1. The SMILES string of the molecule is NC1(C(=O)N2CC(CC(=O)O)c3ccccc32)CCC1. The molecule has 0 saturated heterocycles. The van der Waals surface area contributed by atoms with E-state index in [9.17, 15) is 9.59 Å². The summed E-state index contributed by atoms with van der Waals surface area (Å²) >= 11 is 0. The summed E-state index contributed by atoms with van der Waals surface area (Å²) in [5.74, 6) is -1.05. The molecule has 1 saturated carbocycles. The van der Waals surface area contributed by atoms with Crippen LogP contribution in [-0.4, -0.2) is 29.1 Å². The van der Waals surface area contributed by atoms with Crippen LogP contribution in [0, 0.1) is 0 Å². The van der Waals surface area contributed by atoms with Gasteiger partial charge < -0.3 is 15.7 Å². The van der Waals surface area contributed by atoms with Crippen molar-refractivity contribution in [3.8, 4) is 0 Å². The molecule has 1 aliphatic carbocycles. The molecule has 106 valence electrons. The third kappa shape index (κ3) is 1.98. The summed E-state index contributed by atoms with van der Waals surface area (Å²) in [6, 6.07) is 7.52. The average Bonchev–Trinajstić information content (AvgIpc) is 2.74. The number of carboxylic acid groups (broad SMARTS) is 1. The zero-order valence-corrected chi connectivity index (χ0v) is 11.2. The number of amides is 1. The second-order valence-electron chi connectivity index (χ2n) is 5.78. The van der Waals surface area contributed by atoms with Gasteiger partial charge in [-0.2, -0.15) is 0 Å². The third-order valence-corrected chi connectivity index (χ3v) is 4.41. The summed E-state index contributed by atoms with van der Waals surface area (Å²) in [5, 5.41) is 9.01. The maximum Gasteiger partial charge on any atom is 0.304 e. The zero-order chi connectivity index (χ0) is 14.3. The number of hydrogen-bond acceptors (Lipinski definition) is 3. The first-order chi connectivity index (χ1) is 9.51. The van der Waals surface area contributed by atoms with Gasteiger partial charge in [0.05, 0.1) is 12.0 Å². The van der Waals surface area contributed by atoms with Crippen molar-refractivity contribution in [1.29, 1.82) is 0 Å². The van der Waals surface area contributed by atoms with Crippen molar-refractivity contribution in [2.75, 3.05) is 11.4 Å². The van der Waals surface area contributed by atoms with E-state index in [1.54, 1.807) is 4.90 Å². The molecule has 3 rings (SSSR count). The van der Waals surface area contributed by atoms with E-state index in [-0.39, 0.29) is 18.2 Å². The van der Waals surface area contributed by atoms with Crippen molar-refractivity contribution in [2.45, 2.75) is 37.1 Å². The molecule has 0 radical (unpaired) electrons. The van der Waals surface area contributed by atoms with Crippen LogP contribution in [0.5, 0.6) is 0 Å². The summed E-state index contributed by atoms with van der Waals surface area (Å²) < 4.78 is 0. The van der Waals surface area contributed by atoms with Gasteiger partial charge in [-0.05, 0) is 30.9 Å². The van der Waals surface area contributed by atoms with Gasteiger partial charge in [-0.1, -0.05) is 18.2 Å². The number of carbonyl (C=O) groups excluding carboxylic acids is 1. The van der Waals surface area contributed by atoms with Crippen molar-refractivity contribution in [1.82, 2.24) is 0 Å². The van der Waals surface area contributed by atoms with Crippen molar-refractivity contribution < 1.29 is 14.7 Å². The first kappa shape index (κ1) is 13.1. The van der Waals surface area contributed by atoms with Crippen LogP contribution in [0.25, 0.3) is 0 Å². The Labute approximate surface area is 117 Å². The molecule has 1 unspecified atom stereocenters. The zero-order valence-electron chi connectivity index (χ0n) is 11.2. The van der Waals surface area contributed by atoms with Crippen LogP contribution in [0.4, 0.5) is 5.69 Å². The van der Waals surface area contributed by atoms with Gasteiger partial charge >= 0.3 is 5.97 Å². The van der Waals surface area contributed by atoms with Gasteiger partial charge in [0, 0.05) is 18.2 Å². The van der Waals surface area contributed by atoms with Crippen LogP contribution in [0.15, 0.2) is 24.3 Å². The number of nitrogens with two attached hydrogens (primary N) is 1. The van der Waals surface area contributed by atoms with Gasteiger partial charge in [0.25, 0.3) is 0 Å². The van der Waals surface area contributed by atoms with Crippen LogP contribution < -0.4 is 10.6 Å². The maximum atomic E-state index is 12.6. The Morgan fingerprint density at radius 2 is 2.05 bits per heavy atom. The van der Waals surface area contributed by atoms with Crippen LogP contribution in [0.2, 0.25) is 0 Å². The van der Waals surface area contributed by atoms with Crippen LogP contribution in [-0.2, 0) is 9.59 Å². The highest BCUT2D eigenvalue weighted by Crippen LogP contribution is 2.41. The summed E-state index contributed by atoms with van der Waals surface area (Å²) in [5.41, 5.74) is 7.13. The Morgan fingerprint density at radius 3 is 2.65 bits per heavy atom. The Kier molecular flexibility index (Phi) is 3.01. The van der Waals surface area contributed by atoms with Gasteiger partial charge in [0.1, 0.15) is 0 Å². The largest absolute Gasteiger partial charge is 0.481 e. The maximum absolute atomic E-state index is 12.6. The summed E-state index contributed by atoms with van der Waals surface area (Å²) in [4.78, 5) is 25.3. The fourth-order valence-corrected chi connectivity index (χ4v) is 3.11.